The van der Waals surface area contributed by atoms with Gasteiger partial charge < -0.3 is 21.1 Å². The maximum Gasteiger partial charge on any atom is 0.407 e. The molecule has 0 aliphatic heterocycles. The van der Waals surface area contributed by atoms with Crippen LogP contribution in [-0.4, -0.2) is 17.0 Å². The number of pyridine rings is 1. The number of alkyl carbamates (subject to hydrolysis) is 1. The van der Waals surface area contributed by atoms with Crippen molar-refractivity contribution in [2.45, 2.75) is 19.7 Å². The van der Waals surface area contributed by atoms with Crippen LogP contribution in [0, 0.1) is 0 Å². The van der Waals surface area contributed by atoms with Crippen LogP contribution < -0.4 is 16.4 Å². The number of rotatable bonds is 7. The van der Waals surface area contributed by atoms with Crippen molar-refractivity contribution in [3.63, 3.8) is 0 Å². The second kappa shape index (κ2) is 9.89. The number of carbonyl (C=O) groups excluding carboxylic acids is 2. The summed E-state index contributed by atoms with van der Waals surface area (Å²) in [6.07, 6.45) is 2.78. The lowest BCUT2D eigenvalue weighted by atomic mass is 10.1. The van der Waals surface area contributed by atoms with Gasteiger partial charge in [0.1, 0.15) is 6.61 Å². The van der Waals surface area contributed by atoms with Gasteiger partial charge in [-0.1, -0.05) is 36.4 Å². The summed E-state index contributed by atoms with van der Waals surface area (Å²) in [6.45, 7) is 0.816. The van der Waals surface area contributed by atoms with E-state index in [1.807, 2.05) is 24.3 Å². The van der Waals surface area contributed by atoms with Crippen molar-refractivity contribution in [3.05, 3.63) is 95.3 Å². The molecular weight excluding hydrogens is 368 g/mol. The van der Waals surface area contributed by atoms with Crippen LogP contribution in [-0.2, 0) is 24.4 Å². The molecule has 2 amide bonds. The van der Waals surface area contributed by atoms with Gasteiger partial charge >= 0.3 is 6.09 Å². The average molecular weight is 390 g/mol. The Hall–Kier alpha value is -3.87. The first-order chi connectivity index (χ1) is 14.1. The second-order valence-electron chi connectivity index (χ2n) is 6.37. The molecule has 3 aromatic rings. The number of hydrogen-bond donors (Lipinski definition) is 3. The molecule has 0 aliphatic carbocycles. The SMILES string of the molecule is Nc1ccccc1CNC(=O)c1ccc(CNC(=O)OCc2cccnc2)cc1. The Morgan fingerprint density at radius 1 is 0.897 bits per heavy atom. The minimum Gasteiger partial charge on any atom is -0.445 e. The molecule has 1 aromatic heterocycles. The zero-order chi connectivity index (χ0) is 20.5. The number of ether oxygens (including phenoxy) is 1. The highest BCUT2D eigenvalue weighted by Crippen LogP contribution is 2.11. The molecule has 2 aromatic carbocycles. The van der Waals surface area contributed by atoms with E-state index in [-0.39, 0.29) is 12.5 Å². The molecule has 29 heavy (non-hydrogen) atoms. The van der Waals surface area contributed by atoms with E-state index in [1.165, 1.54) is 0 Å². The van der Waals surface area contributed by atoms with Gasteiger partial charge in [0.05, 0.1) is 0 Å². The first-order valence-corrected chi connectivity index (χ1v) is 9.12. The van der Waals surface area contributed by atoms with E-state index in [0.29, 0.717) is 24.3 Å². The third kappa shape index (κ3) is 6.07. The third-order valence-corrected chi connectivity index (χ3v) is 4.24. The quantitative estimate of drug-likeness (QED) is 0.538. The normalized spacial score (nSPS) is 10.2. The van der Waals surface area contributed by atoms with Gasteiger partial charge in [-0.15, -0.1) is 0 Å². The van der Waals surface area contributed by atoms with E-state index in [4.69, 9.17) is 10.5 Å². The molecule has 7 heteroatoms. The fourth-order valence-corrected chi connectivity index (χ4v) is 2.60. The van der Waals surface area contributed by atoms with Crippen molar-refractivity contribution in [3.8, 4) is 0 Å². The van der Waals surface area contributed by atoms with Crippen molar-refractivity contribution < 1.29 is 14.3 Å². The average Bonchev–Trinajstić information content (AvgIpc) is 2.76. The number of aromatic nitrogens is 1. The maximum absolute atomic E-state index is 12.3. The van der Waals surface area contributed by atoms with Gasteiger partial charge in [-0.2, -0.15) is 0 Å². The number of hydrogen-bond acceptors (Lipinski definition) is 5. The number of nitrogen functional groups attached to an aromatic ring is 1. The van der Waals surface area contributed by atoms with Crippen molar-refractivity contribution in [1.29, 1.82) is 0 Å². The second-order valence-corrected chi connectivity index (χ2v) is 6.37. The summed E-state index contributed by atoms with van der Waals surface area (Å²) in [5.41, 5.74) is 9.59. The lowest BCUT2D eigenvalue weighted by Crippen LogP contribution is -2.24. The largest absolute Gasteiger partial charge is 0.445 e. The highest BCUT2D eigenvalue weighted by molar-refractivity contribution is 5.94. The minimum atomic E-state index is -0.517. The number of para-hydroxylation sites is 1. The zero-order valence-electron chi connectivity index (χ0n) is 15.8. The topological polar surface area (TPSA) is 106 Å². The Morgan fingerprint density at radius 3 is 2.41 bits per heavy atom. The van der Waals surface area contributed by atoms with E-state index in [2.05, 4.69) is 15.6 Å². The maximum atomic E-state index is 12.3. The Labute approximate surface area is 168 Å². The number of benzene rings is 2. The van der Waals surface area contributed by atoms with Crippen LogP contribution >= 0.6 is 0 Å². The van der Waals surface area contributed by atoms with E-state index in [0.717, 1.165) is 16.7 Å². The predicted octanol–water partition coefficient (Wildman–Crippen LogP) is 3.02. The molecule has 0 spiro atoms. The van der Waals surface area contributed by atoms with Crippen LogP contribution in [0.5, 0.6) is 0 Å². The fraction of sp³-hybridized carbons (Fsp3) is 0.136. The van der Waals surface area contributed by atoms with E-state index >= 15 is 0 Å². The Balaban J connectivity index is 1.44. The van der Waals surface area contributed by atoms with Gasteiger partial charge in [0, 0.05) is 42.3 Å². The van der Waals surface area contributed by atoms with Gasteiger partial charge in [-0.05, 0) is 35.4 Å². The summed E-state index contributed by atoms with van der Waals surface area (Å²) >= 11 is 0. The Morgan fingerprint density at radius 2 is 1.69 bits per heavy atom. The molecule has 3 rings (SSSR count). The first-order valence-electron chi connectivity index (χ1n) is 9.12. The number of nitrogens with two attached hydrogens (primary N) is 1. The molecule has 0 aliphatic rings. The summed E-state index contributed by atoms with van der Waals surface area (Å²) in [4.78, 5) is 28.0. The molecule has 0 saturated carbocycles. The van der Waals surface area contributed by atoms with Crippen LogP contribution in [0.15, 0.2) is 73.1 Å². The Kier molecular flexibility index (Phi) is 6.78. The number of nitrogens with zero attached hydrogens (tertiary/aromatic N) is 1. The molecule has 0 atom stereocenters. The Bertz CT molecular complexity index is 959. The zero-order valence-corrected chi connectivity index (χ0v) is 15.8. The molecule has 0 fully saturated rings. The van der Waals surface area contributed by atoms with Crippen LogP contribution in [0.2, 0.25) is 0 Å². The number of nitrogens with one attached hydrogen (secondary N) is 2. The van der Waals surface area contributed by atoms with E-state index in [9.17, 15) is 9.59 Å². The molecule has 0 saturated heterocycles. The van der Waals surface area contributed by atoms with Crippen molar-refractivity contribution in [2.75, 3.05) is 5.73 Å². The molecular formula is C22H22N4O3. The highest BCUT2D eigenvalue weighted by atomic mass is 16.5. The highest BCUT2D eigenvalue weighted by Gasteiger charge is 2.07. The van der Waals surface area contributed by atoms with Crippen LogP contribution in [0.1, 0.15) is 27.0 Å². The van der Waals surface area contributed by atoms with Crippen molar-refractivity contribution >= 4 is 17.7 Å². The number of carbonyl (C=O) groups is 2. The molecule has 4 N–H and O–H groups in total. The summed E-state index contributed by atoms with van der Waals surface area (Å²) < 4.78 is 5.13. The lowest BCUT2D eigenvalue weighted by molar-refractivity contribution is 0.0951. The van der Waals surface area contributed by atoms with Crippen molar-refractivity contribution in [2.24, 2.45) is 0 Å². The molecule has 7 nitrogen and oxygen atoms in total. The lowest BCUT2D eigenvalue weighted by Gasteiger charge is -2.09. The fourth-order valence-electron chi connectivity index (χ4n) is 2.60. The van der Waals surface area contributed by atoms with E-state index in [1.54, 1.807) is 48.8 Å². The van der Waals surface area contributed by atoms with E-state index < -0.39 is 6.09 Å². The predicted molar refractivity (Wildman–Crippen MR) is 110 cm³/mol. The first kappa shape index (κ1) is 19.9. The smallest absolute Gasteiger partial charge is 0.407 e. The van der Waals surface area contributed by atoms with Crippen LogP contribution in [0.3, 0.4) is 0 Å². The molecule has 0 unspecified atom stereocenters. The van der Waals surface area contributed by atoms with Gasteiger partial charge in [-0.25, -0.2) is 4.79 Å². The number of amides is 2. The monoisotopic (exact) mass is 390 g/mol. The summed E-state index contributed by atoms with van der Waals surface area (Å²) in [5.74, 6) is -0.191. The molecule has 0 radical (unpaired) electrons. The third-order valence-electron chi connectivity index (χ3n) is 4.24. The van der Waals surface area contributed by atoms with Gasteiger partial charge in [-0.3, -0.25) is 9.78 Å². The van der Waals surface area contributed by atoms with Gasteiger partial charge in [0.2, 0.25) is 0 Å². The summed E-state index contributed by atoms with van der Waals surface area (Å²) in [6, 6.07) is 18.0. The summed E-state index contributed by atoms with van der Waals surface area (Å²) in [7, 11) is 0. The molecule has 1 heterocycles. The summed E-state index contributed by atoms with van der Waals surface area (Å²) in [5, 5.41) is 5.52. The molecule has 0 bridgehead atoms. The standard InChI is InChI=1S/C22H22N4O3/c23-20-6-2-1-5-19(20)14-25-21(27)18-9-7-16(8-10-18)13-26-22(28)29-15-17-4-3-11-24-12-17/h1-12H,13-15,23H2,(H,25,27)(H,26,28). The van der Waals surface area contributed by atoms with Crippen LogP contribution in [0.25, 0.3) is 0 Å². The van der Waals surface area contributed by atoms with Gasteiger partial charge in [0.25, 0.3) is 5.91 Å². The number of anilines is 1. The minimum absolute atomic E-state index is 0.157. The van der Waals surface area contributed by atoms with Crippen molar-refractivity contribution in [1.82, 2.24) is 15.6 Å². The molecule has 148 valence electrons. The van der Waals surface area contributed by atoms with Gasteiger partial charge in [0.15, 0.2) is 0 Å². The van der Waals surface area contributed by atoms with Crippen LogP contribution in [0.4, 0.5) is 10.5 Å².